The lowest BCUT2D eigenvalue weighted by Gasteiger charge is -2.30. The number of aromatic nitrogens is 2. The first-order valence-electron chi connectivity index (χ1n) is 10.8. The SMILES string of the molecule is CCOc1nc(NC2CNC2)cc(C(=O)NCC(O)CN2CCc3ccccc3C2)n1. The average molecular weight is 427 g/mol. The fourth-order valence-electron chi connectivity index (χ4n) is 3.78. The van der Waals surface area contributed by atoms with E-state index < -0.39 is 6.10 Å². The van der Waals surface area contributed by atoms with Gasteiger partial charge in [0.05, 0.1) is 18.8 Å². The summed E-state index contributed by atoms with van der Waals surface area (Å²) in [5, 5.41) is 19.7. The number of β-amino-alcohol motifs (C(OH)–C–C–N with tert-alkyl or cyclic N) is 1. The van der Waals surface area contributed by atoms with Crippen molar-refractivity contribution in [1.82, 2.24) is 25.5 Å². The van der Waals surface area contributed by atoms with Gasteiger partial charge in [-0.2, -0.15) is 9.97 Å². The van der Waals surface area contributed by atoms with Gasteiger partial charge in [-0.3, -0.25) is 9.69 Å². The van der Waals surface area contributed by atoms with Crippen molar-refractivity contribution in [2.75, 3.05) is 44.6 Å². The Balaban J connectivity index is 1.31. The lowest BCUT2D eigenvalue weighted by atomic mass is 10.00. The number of ether oxygens (including phenoxy) is 1. The highest BCUT2D eigenvalue weighted by Crippen LogP contribution is 2.18. The molecule has 31 heavy (non-hydrogen) atoms. The molecule has 1 unspecified atom stereocenters. The Morgan fingerprint density at radius 3 is 2.87 bits per heavy atom. The molecular weight excluding hydrogens is 396 g/mol. The third-order valence-electron chi connectivity index (χ3n) is 5.52. The molecule has 9 nitrogen and oxygen atoms in total. The number of rotatable bonds is 9. The quantitative estimate of drug-likeness (QED) is 0.456. The largest absolute Gasteiger partial charge is 0.464 e. The molecule has 0 bridgehead atoms. The van der Waals surface area contributed by atoms with Crippen LogP contribution >= 0.6 is 0 Å². The maximum Gasteiger partial charge on any atom is 0.319 e. The highest BCUT2D eigenvalue weighted by molar-refractivity contribution is 5.93. The minimum Gasteiger partial charge on any atom is -0.464 e. The van der Waals surface area contributed by atoms with Gasteiger partial charge < -0.3 is 25.8 Å². The van der Waals surface area contributed by atoms with E-state index >= 15 is 0 Å². The molecule has 0 saturated carbocycles. The number of aliphatic hydroxyl groups excluding tert-OH is 1. The summed E-state index contributed by atoms with van der Waals surface area (Å²) < 4.78 is 5.41. The zero-order valence-corrected chi connectivity index (χ0v) is 17.8. The molecule has 1 amide bonds. The summed E-state index contributed by atoms with van der Waals surface area (Å²) in [6.45, 7) is 6.32. The minimum atomic E-state index is -0.666. The monoisotopic (exact) mass is 426 g/mol. The molecule has 2 aliphatic heterocycles. The number of anilines is 1. The molecule has 1 aromatic heterocycles. The van der Waals surface area contributed by atoms with Crippen molar-refractivity contribution >= 4 is 11.7 Å². The Kier molecular flexibility index (Phi) is 6.96. The van der Waals surface area contributed by atoms with Crippen LogP contribution in [0.1, 0.15) is 28.5 Å². The van der Waals surface area contributed by atoms with Gasteiger partial charge in [0, 0.05) is 45.3 Å². The molecule has 166 valence electrons. The Hall–Kier alpha value is -2.75. The standard InChI is InChI=1S/C22H30N6O3/c1-2-31-22-26-19(9-20(27-22)25-17-10-23-11-17)21(30)24-12-18(29)14-28-8-7-15-5-3-4-6-16(15)13-28/h3-6,9,17-18,23,29H,2,7-8,10-14H2,1H3,(H,24,30)(H,25,26,27). The molecule has 0 aliphatic carbocycles. The summed E-state index contributed by atoms with van der Waals surface area (Å²) in [6, 6.07) is 10.5. The maximum atomic E-state index is 12.7. The average Bonchev–Trinajstić information content (AvgIpc) is 2.74. The van der Waals surface area contributed by atoms with E-state index in [4.69, 9.17) is 4.74 Å². The molecule has 1 fully saturated rings. The van der Waals surface area contributed by atoms with E-state index in [1.54, 1.807) is 6.07 Å². The van der Waals surface area contributed by atoms with Gasteiger partial charge in [0.1, 0.15) is 11.5 Å². The number of nitrogens with one attached hydrogen (secondary N) is 3. The Labute approximate surface area is 182 Å². The van der Waals surface area contributed by atoms with Crippen LogP contribution < -0.4 is 20.7 Å². The first-order chi connectivity index (χ1) is 15.1. The molecule has 9 heteroatoms. The van der Waals surface area contributed by atoms with E-state index in [1.165, 1.54) is 11.1 Å². The van der Waals surface area contributed by atoms with E-state index in [9.17, 15) is 9.90 Å². The summed E-state index contributed by atoms with van der Waals surface area (Å²) in [6.07, 6.45) is 0.309. The van der Waals surface area contributed by atoms with Gasteiger partial charge in [0.25, 0.3) is 5.91 Å². The number of hydrogen-bond acceptors (Lipinski definition) is 8. The normalized spacial score (nSPS) is 17.4. The van der Waals surface area contributed by atoms with Crippen LogP contribution in [0.25, 0.3) is 0 Å². The van der Waals surface area contributed by atoms with Crippen molar-refractivity contribution in [1.29, 1.82) is 0 Å². The molecule has 4 N–H and O–H groups in total. The van der Waals surface area contributed by atoms with Crippen LogP contribution in [0.15, 0.2) is 30.3 Å². The predicted molar refractivity (Wildman–Crippen MR) is 117 cm³/mol. The maximum absolute atomic E-state index is 12.7. The van der Waals surface area contributed by atoms with Gasteiger partial charge in [0.15, 0.2) is 0 Å². The molecule has 1 atom stereocenters. The summed E-state index contributed by atoms with van der Waals surface area (Å²) in [5.74, 6) is 0.198. The lowest BCUT2D eigenvalue weighted by molar-refractivity contribution is 0.0837. The number of carbonyl (C=O) groups is 1. The number of fused-ring (bicyclic) bond motifs is 1. The minimum absolute atomic E-state index is 0.153. The van der Waals surface area contributed by atoms with Gasteiger partial charge >= 0.3 is 6.01 Å². The van der Waals surface area contributed by atoms with Gasteiger partial charge in [-0.15, -0.1) is 0 Å². The topological polar surface area (TPSA) is 112 Å². The van der Waals surface area contributed by atoms with E-state index in [0.717, 1.165) is 32.6 Å². The number of nitrogens with zero attached hydrogens (tertiary/aromatic N) is 3. The molecule has 1 aromatic carbocycles. The van der Waals surface area contributed by atoms with Crippen molar-refractivity contribution in [2.24, 2.45) is 0 Å². The lowest BCUT2D eigenvalue weighted by Crippen LogP contribution is -2.51. The van der Waals surface area contributed by atoms with Gasteiger partial charge in [-0.05, 0) is 24.5 Å². The number of amides is 1. The zero-order valence-electron chi connectivity index (χ0n) is 17.8. The van der Waals surface area contributed by atoms with Gasteiger partial charge in [-0.1, -0.05) is 24.3 Å². The number of benzene rings is 1. The van der Waals surface area contributed by atoms with Gasteiger partial charge in [0.2, 0.25) is 0 Å². The van der Waals surface area contributed by atoms with E-state index in [-0.39, 0.29) is 30.2 Å². The van der Waals surface area contributed by atoms with Crippen LogP contribution in [0.3, 0.4) is 0 Å². The summed E-state index contributed by atoms with van der Waals surface area (Å²) in [5.41, 5.74) is 2.89. The molecule has 0 spiro atoms. The van der Waals surface area contributed by atoms with Crippen LogP contribution in [-0.2, 0) is 13.0 Å². The molecule has 0 radical (unpaired) electrons. The van der Waals surface area contributed by atoms with Crippen LogP contribution in [0.5, 0.6) is 6.01 Å². The molecule has 4 rings (SSSR count). The molecule has 2 aliphatic rings. The van der Waals surface area contributed by atoms with Crippen LogP contribution in [0.2, 0.25) is 0 Å². The summed E-state index contributed by atoms with van der Waals surface area (Å²) in [7, 11) is 0. The highest BCUT2D eigenvalue weighted by atomic mass is 16.5. The van der Waals surface area contributed by atoms with Crippen molar-refractivity contribution in [3.05, 3.63) is 47.2 Å². The zero-order chi connectivity index (χ0) is 21.6. The second kappa shape index (κ2) is 10.0. The van der Waals surface area contributed by atoms with Gasteiger partial charge in [-0.25, -0.2) is 0 Å². The van der Waals surface area contributed by atoms with Crippen molar-refractivity contribution in [2.45, 2.75) is 32.0 Å². The fourth-order valence-corrected chi connectivity index (χ4v) is 3.78. The summed E-state index contributed by atoms with van der Waals surface area (Å²) >= 11 is 0. The number of carbonyl (C=O) groups excluding carboxylic acids is 1. The predicted octanol–water partition coefficient (Wildman–Crippen LogP) is 0.408. The fraction of sp³-hybridized carbons (Fsp3) is 0.500. The molecule has 2 aromatic rings. The first-order valence-corrected chi connectivity index (χ1v) is 10.8. The van der Waals surface area contributed by atoms with E-state index in [0.29, 0.717) is 19.0 Å². The van der Waals surface area contributed by atoms with E-state index in [2.05, 4.69) is 49.0 Å². The third-order valence-corrected chi connectivity index (χ3v) is 5.52. The Bertz CT molecular complexity index is 905. The second-order valence-electron chi connectivity index (χ2n) is 7.97. The molecule has 3 heterocycles. The Morgan fingerprint density at radius 1 is 1.32 bits per heavy atom. The smallest absolute Gasteiger partial charge is 0.319 e. The van der Waals surface area contributed by atoms with Crippen LogP contribution in [-0.4, -0.2) is 77.4 Å². The number of hydrogen-bond donors (Lipinski definition) is 4. The van der Waals surface area contributed by atoms with Crippen LogP contribution in [0, 0.1) is 0 Å². The summed E-state index contributed by atoms with van der Waals surface area (Å²) in [4.78, 5) is 23.4. The van der Waals surface area contributed by atoms with E-state index in [1.807, 2.05) is 13.0 Å². The Morgan fingerprint density at radius 2 is 2.13 bits per heavy atom. The van der Waals surface area contributed by atoms with Crippen LogP contribution in [0.4, 0.5) is 5.82 Å². The highest BCUT2D eigenvalue weighted by Gasteiger charge is 2.21. The second-order valence-corrected chi connectivity index (χ2v) is 7.97. The molecule has 1 saturated heterocycles. The first kappa shape index (κ1) is 21.5. The van der Waals surface area contributed by atoms with Crippen molar-refractivity contribution in [3.63, 3.8) is 0 Å². The van der Waals surface area contributed by atoms with Crippen molar-refractivity contribution < 1.29 is 14.6 Å². The molecular formula is C22H30N6O3. The van der Waals surface area contributed by atoms with Crippen molar-refractivity contribution in [3.8, 4) is 6.01 Å². The third kappa shape index (κ3) is 5.69. The number of aliphatic hydroxyl groups is 1.